The second-order valence-corrected chi connectivity index (χ2v) is 4.83. The summed E-state index contributed by atoms with van der Waals surface area (Å²) < 4.78 is 0. The van der Waals surface area contributed by atoms with E-state index in [9.17, 15) is 4.79 Å². The lowest BCUT2D eigenvalue weighted by molar-refractivity contribution is 0.0935. The van der Waals surface area contributed by atoms with E-state index in [0.717, 1.165) is 17.7 Å². The molecule has 1 unspecified atom stereocenters. The fourth-order valence-electron chi connectivity index (χ4n) is 1.93. The summed E-state index contributed by atoms with van der Waals surface area (Å²) in [4.78, 5) is 12.1. The number of rotatable bonds is 4. The van der Waals surface area contributed by atoms with Gasteiger partial charge in [-0.25, -0.2) is 0 Å². The van der Waals surface area contributed by atoms with E-state index >= 15 is 0 Å². The number of H-pyrrole nitrogens is 1. The molecule has 5 heteroatoms. The van der Waals surface area contributed by atoms with Gasteiger partial charge in [0.05, 0.1) is 17.8 Å². The third-order valence-corrected chi connectivity index (χ3v) is 3.31. The van der Waals surface area contributed by atoms with Crippen LogP contribution in [0.3, 0.4) is 0 Å². The van der Waals surface area contributed by atoms with Crippen LogP contribution < -0.4 is 5.32 Å². The number of carbonyl (C=O) groups excluding carboxylic acids is 1. The first-order valence-corrected chi connectivity index (χ1v) is 6.56. The molecule has 0 aliphatic rings. The first-order chi connectivity index (χ1) is 9.11. The second-order valence-electron chi connectivity index (χ2n) is 4.39. The standard InChI is InChI=1S/C14H16ClN3O/c1-3-13(10-4-6-11(15)7-5-10)17-14(19)12-8-16-18-9(12)2/h4-8,13H,3H2,1-2H3,(H,16,18)(H,17,19). The number of aromatic nitrogens is 2. The number of amides is 1. The summed E-state index contributed by atoms with van der Waals surface area (Å²) in [6.07, 6.45) is 2.35. The summed E-state index contributed by atoms with van der Waals surface area (Å²) in [7, 11) is 0. The molecule has 1 amide bonds. The van der Waals surface area contributed by atoms with Gasteiger partial charge in [0, 0.05) is 10.7 Å². The predicted molar refractivity (Wildman–Crippen MR) is 75.3 cm³/mol. The number of aromatic amines is 1. The smallest absolute Gasteiger partial charge is 0.255 e. The zero-order valence-electron chi connectivity index (χ0n) is 10.9. The summed E-state index contributed by atoms with van der Waals surface area (Å²) >= 11 is 5.87. The van der Waals surface area contributed by atoms with Crippen molar-refractivity contribution in [2.75, 3.05) is 0 Å². The molecule has 1 aromatic heterocycles. The van der Waals surface area contributed by atoms with Gasteiger partial charge >= 0.3 is 0 Å². The average Bonchev–Trinajstić information content (AvgIpc) is 2.83. The van der Waals surface area contributed by atoms with E-state index < -0.39 is 0 Å². The van der Waals surface area contributed by atoms with Gasteiger partial charge in [-0.2, -0.15) is 5.10 Å². The van der Waals surface area contributed by atoms with Crippen LogP contribution in [0.2, 0.25) is 5.02 Å². The molecule has 2 aromatic rings. The van der Waals surface area contributed by atoms with Crippen LogP contribution in [0.15, 0.2) is 30.5 Å². The number of hydrogen-bond acceptors (Lipinski definition) is 2. The maximum Gasteiger partial charge on any atom is 0.255 e. The third-order valence-electron chi connectivity index (χ3n) is 3.06. The molecule has 1 aromatic carbocycles. The Balaban J connectivity index is 2.13. The number of carbonyl (C=O) groups is 1. The van der Waals surface area contributed by atoms with Crippen molar-refractivity contribution < 1.29 is 4.79 Å². The highest BCUT2D eigenvalue weighted by Crippen LogP contribution is 2.19. The molecule has 0 bridgehead atoms. The van der Waals surface area contributed by atoms with Gasteiger partial charge in [-0.1, -0.05) is 30.7 Å². The minimum atomic E-state index is -0.118. The minimum absolute atomic E-state index is 0.0286. The number of hydrogen-bond donors (Lipinski definition) is 2. The Morgan fingerprint density at radius 2 is 2.11 bits per heavy atom. The molecule has 100 valence electrons. The number of benzene rings is 1. The fraction of sp³-hybridized carbons (Fsp3) is 0.286. The van der Waals surface area contributed by atoms with Gasteiger partial charge in [0.15, 0.2) is 0 Å². The molecule has 0 aliphatic heterocycles. The van der Waals surface area contributed by atoms with Crippen molar-refractivity contribution in [1.82, 2.24) is 15.5 Å². The molecule has 0 radical (unpaired) electrons. The second kappa shape index (κ2) is 5.89. The fourth-order valence-corrected chi connectivity index (χ4v) is 2.06. The van der Waals surface area contributed by atoms with Crippen LogP contribution >= 0.6 is 11.6 Å². The van der Waals surface area contributed by atoms with E-state index in [4.69, 9.17) is 11.6 Å². The van der Waals surface area contributed by atoms with Gasteiger partial charge in [0.2, 0.25) is 0 Å². The van der Waals surface area contributed by atoms with E-state index in [1.807, 2.05) is 38.1 Å². The summed E-state index contributed by atoms with van der Waals surface area (Å²) in [5.74, 6) is -0.118. The van der Waals surface area contributed by atoms with Gasteiger partial charge in [-0.05, 0) is 31.0 Å². The van der Waals surface area contributed by atoms with Gasteiger partial charge in [0.25, 0.3) is 5.91 Å². The highest BCUT2D eigenvalue weighted by molar-refractivity contribution is 6.30. The van der Waals surface area contributed by atoms with Crippen molar-refractivity contribution in [2.24, 2.45) is 0 Å². The van der Waals surface area contributed by atoms with E-state index in [-0.39, 0.29) is 11.9 Å². The lowest BCUT2D eigenvalue weighted by Crippen LogP contribution is -2.28. The molecular weight excluding hydrogens is 262 g/mol. The Kier molecular flexibility index (Phi) is 4.22. The zero-order chi connectivity index (χ0) is 13.8. The number of nitrogens with one attached hydrogen (secondary N) is 2. The molecule has 2 N–H and O–H groups in total. The van der Waals surface area contributed by atoms with Crippen LogP contribution in [-0.4, -0.2) is 16.1 Å². The molecule has 0 fully saturated rings. The molecular formula is C14H16ClN3O. The number of aryl methyl sites for hydroxylation is 1. The average molecular weight is 278 g/mol. The molecule has 0 spiro atoms. The molecule has 1 atom stereocenters. The van der Waals surface area contributed by atoms with Gasteiger partial charge in [-0.15, -0.1) is 0 Å². The van der Waals surface area contributed by atoms with Crippen molar-refractivity contribution in [2.45, 2.75) is 26.3 Å². The lowest BCUT2D eigenvalue weighted by Gasteiger charge is -2.17. The highest BCUT2D eigenvalue weighted by Gasteiger charge is 2.16. The minimum Gasteiger partial charge on any atom is -0.345 e. The topological polar surface area (TPSA) is 57.8 Å². The van der Waals surface area contributed by atoms with E-state index in [1.54, 1.807) is 6.20 Å². The normalized spacial score (nSPS) is 12.2. The maximum atomic E-state index is 12.1. The Morgan fingerprint density at radius 1 is 1.42 bits per heavy atom. The third kappa shape index (κ3) is 3.15. The summed E-state index contributed by atoms with van der Waals surface area (Å²) in [5.41, 5.74) is 2.39. The van der Waals surface area contributed by atoms with Crippen LogP contribution in [0.25, 0.3) is 0 Å². The van der Waals surface area contributed by atoms with Crippen LogP contribution in [0, 0.1) is 6.92 Å². The van der Waals surface area contributed by atoms with Gasteiger partial charge in [0.1, 0.15) is 0 Å². The Morgan fingerprint density at radius 3 is 2.63 bits per heavy atom. The van der Waals surface area contributed by atoms with Crippen LogP contribution in [0.4, 0.5) is 0 Å². The molecule has 0 saturated heterocycles. The number of nitrogens with zero attached hydrogens (tertiary/aromatic N) is 1. The zero-order valence-corrected chi connectivity index (χ0v) is 11.7. The molecule has 4 nitrogen and oxygen atoms in total. The van der Waals surface area contributed by atoms with E-state index in [1.165, 1.54) is 0 Å². The number of halogens is 1. The Hall–Kier alpha value is -1.81. The molecule has 19 heavy (non-hydrogen) atoms. The maximum absolute atomic E-state index is 12.1. The van der Waals surface area contributed by atoms with Crippen molar-refractivity contribution in [3.8, 4) is 0 Å². The summed E-state index contributed by atoms with van der Waals surface area (Å²) in [6, 6.07) is 7.49. The van der Waals surface area contributed by atoms with Gasteiger partial charge in [-0.3, -0.25) is 9.89 Å². The van der Waals surface area contributed by atoms with Crippen molar-refractivity contribution in [1.29, 1.82) is 0 Å². The van der Waals surface area contributed by atoms with Crippen molar-refractivity contribution >= 4 is 17.5 Å². The first kappa shape index (κ1) is 13.6. The van der Waals surface area contributed by atoms with E-state index in [0.29, 0.717) is 10.6 Å². The van der Waals surface area contributed by atoms with Crippen molar-refractivity contribution in [3.05, 3.63) is 52.3 Å². The summed E-state index contributed by atoms with van der Waals surface area (Å²) in [6.45, 7) is 3.85. The monoisotopic (exact) mass is 277 g/mol. The predicted octanol–water partition coefficient (Wildman–Crippen LogP) is 3.25. The van der Waals surface area contributed by atoms with Crippen LogP contribution in [0.1, 0.15) is 41.0 Å². The Bertz CT molecular complexity index is 562. The first-order valence-electron chi connectivity index (χ1n) is 6.18. The quantitative estimate of drug-likeness (QED) is 0.901. The van der Waals surface area contributed by atoms with E-state index in [2.05, 4.69) is 15.5 Å². The molecule has 1 heterocycles. The lowest BCUT2D eigenvalue weighted by atomic mass is 10.0. The van der Waals surface area contributed by atoms with Crippen molar-refractivity contribution in [3.63, 3.8) is 0 Å². The molecule has 0 aliphatic carbocycles. The molecule has 0 saturated carbocycles. The molecule has 2 rings (SSSR count). The SMILES string of the molecule is CCC(NC(=O)c1cn[nH]c1C)c1ccc(Cl)cc1. The van der Waals surface area contributed by atoms with Crippen LogP contribution in [-0.2, 0) is 0 Å². The summed E-state index contributed by atoms with van der Waals surface area (Å²) in [5, 5.41) is 10.3. The Labute approximate surface area is 117 Å². The van der Waals surface area contributed by atoms with Gasteiger partial charge < -0.3 is 5.32 Å². The largest absolute Gasteiger partial charge is 0.345 e. The highest BCUT2D eigenvalue weighted by atomic mass is 35.5. The van der Waals surface area contributed by atoms with Crippen LogP contribution in [0.5, 0.6) is 0 Å².